The minimum atomic E-state index is -0.409. The smallest absolute Gasteiger partial charge is 0.0880 e. The predicted molar refractivity (Wildman–Crippen MR) is 69.6 cm³/mol. The van der Waals surface area contributed by atoms with Gasteiger partial charge in [-0.1, -0.05) is 12.1 Å². The maximum atomic E-state index is 9.88. The van der Waals surface area contributed by atoms with E-state index in [4.69, 9.17) is 10.5 Å². The molecule has 0 amide bonds. The Kier molecular flexibility index (Phi) is 6.30. The number of anilines is 1. The molecule has 1 atom stereocenters. The molecule has 0 saturated heterocycles. The fourth-order valence-electron chi connectivity index (χ4n) is 1.31. The molecule has 16 heavy (non-hydrogen) atoms. The summed E-state index contributed by atoms with van der Waals surface area (Å²) in [5.41, 5.74) is 7.23. The zero-order valence-electron chi connectivity index (χ0n) is 9.56. The molecule has 1 rings (SSSR count). The maximum Gasteiger partial charge on any atom is 0.0880 e. The zero-order chi connectivity index (χ0) is 11.8. The van der Waals surface area contributed by atoms with Gasteiger partial charge in [-0.05, 0) is 29.9 Å². The van der Waals surface area contributed by atoms with Gasteiger partial charge in [0, 0.05) is 25.2 Å². The van der Waals surface area contributed by atoms with Gasteiger partial charge in [0.15, 0.2) is 0 Å². The van der Waals surface area contributed by atoms with Crippen LogP contribution in [0.4, 0.5) is 5.69 Å². The van der Waals surface area contributed by atoms with Gasteiger partial charge in [-0.3, -0.25) is 0 Å². The van der Waals surface area contributed by atoms with Crippen LogP contribution in [0.5, 0.6) is 0 Å². The van der Waals surface area contributed by atoms with Gasteiger partial charge in [0.05, 0.1) is 6.10 Å². The molecule has 0 aliphatic carbocycles. The van der Waals surface area contributed by atoms with Gasteiger partial charge in [0.25, 0.3) is 0 Å². The fraction of sp³-hybridized carbons (Fsp3) is 0.500. The van der Waals surface area contributed by atoms with Crippen LogP contribution in [0.2, 0.25) is 0 Å². The van der Waals surface area contributed by atoms with E-state index in [0.29, 0.717) is 5.75 Å². The highest BCUT2D eigenvalue weighted by atomic mass is 32.2. The van der Waals surface area contributed by atoms with Crippen LogP contribution < -0.4 is 5.73 Å². The number of aliphatic hydroxyl groups excluding tert-OH is 1. The second-order valence-electron chi connectivity index (χ2n) is 3.60. The van der Waals surface area contributed by atoms with Crippen molar-refractivity contribution in [3.8, 4) is 0 Å². The van der Waals surface area contributed by atoms with Crippen LogP contribution in [-0.2, 0) is 4.74 Å². The number of hydrogen-bond acceptors (Lipinski definition) is 4. The summed E-state index contributed by atoms with van der Waals surface area (Å²) < 4.78 is 4.96. The van der Waals surface area contributed by atoms with Gasteiger partial charge < -0.3 is 15.6 Å². The van der Waals surface area contributed by atoms with Crippen LogP contribution in [0.1, 0.15) is 18.1 Å². The second-order valence-corrected chi connectivity index (χ2v) is 4.75. The molecule has 0 aromatic heterocycles. The van der Waals surface area contributed by atoms with Crippen LogP contribution in [0, 0.1) is 0 Å². The molecule has 0 fully saturated rings. The van der Waals surface area contributed by atoms with Crippen LogP contribution in [0.25, 0.3) is 0 Å². The number of benzene rings is 1. The number of rotatable bonds is 7. The summed E-state index contributed by atoms with van der Waals surface area (Å²) in [5.74, 6) is 1.73. The first-order valence-corrected chi connectivity index (χ1v) is 6.49. The average Bonchev–Trinajstić information content (AvgIpc) is 2.29. The number of thioether (sulfide) groups is 1. The van der Waals surface area contributed by atoms with E-state index < -0.39 is 6.10 Å². The number of ether oxygens (including phenoxy) is 1. The molecule has 1 unspecified atom stereocenters. The molecule has 0 bridgehead atoms. The van der Waals surface area contributed by atoms with Crippen molar-refractivity contribution in [2.75, 3.05) is 31.0 Å². The van der Waals surface area contributed by atoms with E-state index in [9.17, 15) is 5.11 Å². The summed E-state index contributed by atoms with van der Waals surface area (Å²) in [7, 11) is 1.70. The quantitative estimate of drug-likeness (QED) is 0.567. The molecule has 0 spiro atoms. The van der Waals surface area contributed by atoms with E-state index in [-0.39, 0.29) is 0 Å². The summed E-state index contributed by atoms with van der Waals surface area (Å²) >= 11 is 1.74. The van der Waals surface area contributed by atoms with Crippen LogP contribution >= 0.6 is 11.8 Å². The summed E-state index contributed by atoms with van der Waals surface area (Å²) in [6.07, 6.45) is 0.614. The Morgan fingerprint density at radius 3 is 2.69 bits per heavy atom. The lowest BCUT2D eigenvalue weighted by atomic mass is 10.1. The van der Waals surface area contributed by atoms with Gasteiger partial charge >= 0.3 is 0 Å². The third-order valence-electron chi connectivity index (χ3n) is 2.23. The lowest BCUT2D eigenvalue weighted by Crippen LogP contribution is -2.02. The van der Waals surface area contributed by atoms with Crippen molar-refractivity contribution in [1.82, 2.24) is 0 Å². The Morgan fingerprint density at radius 2 is 2.06 bits per heavy atom. The Morgan fingerprint density at radius 1 is 1.38 bits per heavy atom. The van der Waals surface area contributed by atoms with Gasteiger partial charge in [-0.2, -0.15) is 11.8 Å². The Balaban J connectivity index is 2.24. The number of aliphatic hydroxyl groups is 1. The molecule has 0 heterocycles. The molecule has 1 aromatic carbocycles. The number of methoxy groups -OCH3 is 1. The highest BCUT2D eigenvalue weighted by Gasteiger charge is 2.06. The first-order valence-electron chi connectivity index (χ1n) is 5.34. The molecular weight excluding hydrogens is 222 g/mol. The fourth-order valence-corrected chi connectivity index (χ4v) is 2.22. The molecular formula is C12H19NO2S. The summed E-state index contributed by atoms with van der Waals surface area (Å²) in [6.45, 7) is 0.783. The molecule has 3 nitrogen and oxygen atoms in total. The van der Waals surface area contributed by atoms with Crippen molar-refractivity contribution in [2.45, 2.75) is 12.5 Å². The third kappa shape index (κ3) is 4.88. The lowest BCUT2D eigenvalue weighted by molar-refractivity contribution is 0.199. The van der Waals surface area contributed by atoms with E-state index in [1.165, 1.54) is 0 Å². The number of hydrogen-bond donors (Lipinski definition) is 2. The summed E-state index contributed by atoms with van der Waals surface area (Å²) in [6, 6.07) is 7.37. The zero-order valence-corrected chi connectivity index (χ0v) is 10.4. The van der Waals surface area contributed by atoms with Crippen LogP contribution in [0.15, 0.2) is 24.3 Å². The Bertz CT molecular complexity index is 290. The highest BCUT2D eigenvalue weighted by molar-refractivity contribution is 7.99. The first-order chi connectivity index (χ1) is 7.74. The third-order valence-corrected chi connectivity index (χ3v) is 3.36. The minimum Gasteiger partial charge on any atom is -0.399 e. The first kappa shape index (κ1) is 13.4. The van der Waals surface area contributed by atoms with Crippen molar-refractivity contribution in [3.63, 3.8) is 0 Å². The molecule has 0 saturated carbocycles. The van der Waals surface area contributed by atoms with Crippen LogP contribution in [-0.4, -0.2) is 30.3 Å². The molecule has 4 heteroatoms. The summed E-state index contributed by atoms with van der Waals surface area (Å²) in [4.78, 5) is 0. The number of nitrogen functional groups attached to an aromatic ring is 1. The Hall–Kier alpha value is -0.710. The van der Waals surface area contributed by atoms with Gasteiger partial charge in [0.2, 0.25) is 0 Å². The maximum absolute atomic E-state index is 9.88. The molecule has 1 aromatic rings. The molecule has 3 N–H and O–H groups in total. The number of nitrogens with two attached hydrogens (primary N) is 1. The van der Waals surface area contributed by atoms with Crippen molar-refractivity contribution in [3.05, 3.63) is 29.8 Å². The van der Waals surface area contributed by atoms with Gasteiger partial charge in [-0.15, -0.1) is 0 Å². The molecule has 0 aliphatic heterocycles. The van der Waals surface area contributed by atoms with Crippen LogP contribution in [0.3, 0.4) is 0 Å². The highest BCUT2D eigenvalue weighted by Crippen LogP contribution is 2.19. The van der Waals surface area contributed by atoms with Gasteiger partial charge in [-0.25, -0.2) is 0 Å². The van der Waals surface area contributed by atoms with Crippen molar-refractivity contribution in [1.29, 1.82) is 0 Å². The second kappa shape index (κ2) is 7.54. The standard InChI is InChI=1S/C12H19NO2S/c1-15-7-2-8-16-9-12(14)10-3-5-11(13)6-4-10/h3-6,12,14H,2,7-9,13H2,1H3. The predicted octanol–water partition coefficient (Wildman–Crippen LogP) is 2.07. The monoisotopic (exact) mass is 241 g/mol. The van der Waals surface area contributed by atoms with Gasteiger partial charge in [0.1, 0.15) is 0 Å². The largest absolute Gasteiger partial charge is 0.399 e. The van der Waals surface area contributed by atoms with Crippen molar-refractivity contribution >= 4 is 17.4 Å². The Labute approximate surface area is 101 Å². The SMILES string of the molecule is COCCCSCC(O)c1ccc(N)cc1. The molecule has 90 valence electrons. The van der Waals surface area contributed by atoms with E-state index in [1.54, 1.807) is 18.9 Å². The topological polar surface area (TPSA) is 55.5 Å². The van der Waals surface area contributed by atoms with Crippen molar-refractivity contribution < 1.29 is 9.84 Å². The average molecular weight is 241 g/mol. The van der Waals surface area contributed by atoms with Crippen molar-refractivity contribution in [2.24, 2.45) is 0 Å². The van der Waals surface area contributed by atoms with E-state index in [0.717, 1.165) is 30.0 Å². The lowest BCUT2D eigenvalue weighted by Gasteiger charge is -2.10. The molecule has 0 radical (unpaired) electrons. The molecule has 0 aliphatic rings. The minimum absolute atomic E-state index is 0.409. The van der Waals surface area contributed by atoms with E-state index >= 15 is 0 Å². The normalized spacial score (nSPS) is 12.6. The summed E-state index contributed by atoms with van der Waals surface area (Å²) in [5, 5.41) is 9.88. The van der Waals surface area contributed by atoms with E-state index in [1.807, 2.05) is 24.3 Å². The van der Waals surface area contributed by atoms with E-state index in [2.05, 4.69) is 0 Å².